The third-order valence-corrected chi connectivity index (χ3v) is 3.48. The molecule has 2 N–H and O–H groups in total. The van der Waals surface area contributed by atoms with Crippen LogP contribution in [0.15, 0.2) is 29.7 Å². The Hall–Kier alpha value is -2.36. The molecular weight excluding hydrogens is 274 g/mol. The number of hydrogen-bond acceptors (Lipinski definition) is 6. The van der Waals surface area contributed by atoms with E-state index in [9.17, 15) is 13.2 Å². The van der Waals surface area contributed by atoms with Gasteiger partial charge in [0.2, 0.25) is 0 Å². The summed E-state index contributed by atoms with van der Waals surface area (Å²) in [7, 11) is -2.47. The maximum absolute atomic E-state index is 11.8. The van der Waals surface area contributed by atoms with Gasteiger partial charge in [-0.15, -0.1) is 0 Å². The molecule has 10 heteroatoms. The average molecular weight is 285 g/mol. The number of nitrogens with one attached hydrogen (secondary N) is 2. The van der Waals surface area contributed by atoms with Crippen LogP contribution in [0.2, 0.25) is 0 Å². The minimum absolute atomic E-state index is 0.0618. The Bertz CT molecular complexity index is 661. The molecule has 102 valence electrons. The monoisotopic (exact) mass is 285 g/mol. The second-order valence-electron chi connectivity index (χ2n) is 3.53. The van der Waals surface area contributed by atoms with Crippen LogP contribution in [-0.2, 0) is 26.1 Å². The first-order chi connectivity index (χ1) is 9.01. The highest BCUT2D eigenvalue weighted by Crippen LogP contribution is 2.12. The van der Waals surface area contributed by atoms with Gasteiger partial charge in [-0.25, -0.2) is 0 Å². The molecular formula is C9H11N5O4S. The lowest BCUT2D eigenvalue weighted by Crippen LogP contribution is -2.13. The van der Waals surface area contributed by atoms with Crippen LogP contribution in [0, 0.1) is 0 Å². The van der Waals surface area contributed by atoms with Crippen LogP contribution >= 0.6 is 0 Å². The van der Waals surface area contributed by atoms with Crippen molar-refractivity contribution >= 4 is 21.7 Å². The molecule has 0 saturated carbocycles. The van der Waals surface area contributed by atoms with Crippen LogP contribution < -0.4 is 4.72 Å². The summed E-state index contributed by atoms with van der Waals surface area (Å²) in [5.74, 6) is -0.480. The molecule has 0 unspecified atom stereocenters. The summed E-state index contributed by atoms with van der Waals surface area (Å²) in [5.41, 5.74) is 0.235. The van der Waals surface area contributed by atoms with Crippen LogP contribution in [-0.4, -0.2) is 41.5 Å². The first-order valence-corrected chi connectivity index (χ1v) is 6.61. The van der Waals surface area contributed by atoms with Crippen LogP contribution in [0.3, 0.4) is 0 Å². The summed E-state index contributed by atoms with van der Waals surface area (Å²) in [4.78, 5) is 11.0. The van der Waals surface area contributed by atoms with Gasteiger partial charge in [0, 0.05) is 6.20 Å². The van der Waals surface area contributed by atoms with Gasteiger partial charge in [-0.3, -0.25) is 19.3 Å². The van der Waals surface area contributed by atoms with Crippen LogP contribution in [0.5, 0.6) is 0 Å². The van der Waals surface area contributed by atoms with Crippen molar-refractivity contribution in [3.8, 4) is 0 Å². The fraction of sp³-hybridized carbons (Fsp3) is 0.222. The molecule has 0 spiro atoms. The molecule has 0 fully saturated rings. The van der Waals surface area contributed by atoms with E-state index in [1.165, 1.54) is 36.4 Å². The van der Waals surface area contributed by atoms with Gasteiger partial charge in [0.25, 0.3) is 10.0 Å². The van der Waals surface area contributed by atoms with Crippen molar-refractivity contribution in [1.82, 2.24) is 20.0 Å². The van der Waals surface area contributed by atoms with Gasteiger partial charge in [-0.05, 0) is 6.07 Å². The third kappa shape index (κ3) is 3.10. The van der Waals surface area contributed by atoms with Gasteiger partial charge < -0.3 is 4.74 Å². The quantitative estimate of drug-likeness (QED) is 0.720. The molecule has 0 atom stereocenters. The number of esters is 1. The average Bonchev–Trinajstić information content (AvgIpc) is 3.00. The fourth-order valence-electron chi connectivity index (χ4n) is 1.30. The molecule has 0 aliphatic heterocycles. The number of anilines is 1. The molecule has 19 heavy (non-hydrogen) atoms. The highest BCUT2D eigenvalue weighted by molar-refractivity contribution is 7.92. The molecule has 0 saturated heterocycles. The van der Waals surface area contributed by atoms with E-state index in [4.69, 9.17) is 0 Å². The smallest absolute Gasteiger partial charge is 0.327 e. The van der Waals surface area contributed by atoms with Crippen molar-refractivity contribution in [2.45, 2.75) is 11.6 Å². The van der Waals surface area contributed by atoms with E-state index in [0.29, 0.717) is 0 Å². The number of ether oxygens (including phenoxy) is 1. The summed E-state index contributed by atoms with van der Waals surface area (Å²) in [5, 5.41) is 9.67. The summed E-state index contributed by atoms with van der Waals surface area (Å²) >= 11 is 0. The predicted octanol–water partition coefficient (Wildman–Crippen LogP) is -0.420. The van der Waals surface area contributed by atoms with E-state index < -0.39 is 16.0 Å². The lowest BCUT2D eigenvalue weighted by molar-refractivity contribution is -0.141. The topological polar surface area (TPSA) is 119 Å². The molecule has 0 radical (unpaired) electrons. The van der Waals surface area contributed by atoms with Gasteiger partial charge >= 0.3 is 5.97 Å². The van der Waals surface area contributed by atoms with Gasteiger partial charge in [0.1, 0.15) is 6.54 Å². The maximum atomic E-state index is 11.8. The Balaban J connectivity index is 2.10. The summed E-state index contributed by atoms with van der Waals surface area (Å²) in [6.45, 7) is -0.0950. The summed E-state index contributed by atoms with van der Waals surface area (Å²) < 4.78 is 31.7. The molecule has 0 aliphatic rings. The van der Waals surface area contributed by atoms with Crippen molar-refractivity contribution in [2.75, 3.05) is 11.8 Å². The number of aromatic nitrogens is 4. The third-order valence-electron chi connectivity index (χ3n) is 2.17. The van der Waals surface area contributed by atoms with Crippen LogP contribution in [0.4, 0.5) is 5.69 Å². The first kappa shape index (κ1) is 13.1. The maximum Gasteiger partial charge on any atom is 0.327 e. The van der Waals surface area contributed by atoms with E-state index in [1.54, 1.807) is 0 Å². The standard InChI is InChI=1S/C9H11N5O4S/c1-18-9(15)6-14-5-7(4-11-14)13-19(16,17)8-2-3-10-12-8/h2-5,13H,6H2,1H3,(H,10,12). The van der Waals surface area contributed by atoms with Crippen LogP contribution in [0.25, 0.3) is 0 Å². The number of methoxy groups -OCH3 is 1. The number of rotatable bonds is 5. The molecule has 2 aromatic rings. The molecule has 9 nitrogen and oxygen atoms in total. The number of H-pyrrole nitrogens is 1. The first-order valence-electron chi connectivity index (χ1n) is 5.13. The number of sulfonamides is 1. The number of carbonyl (C=O) groups excluding carboxylic acids is 1. The Morgan fingerprint density at radius 3 is 3.00 bits per heavy atom. The fourth-order valence-corrected chi connectivity index (χ4v) is 2.24. The minimum Gasteiger partial charge on any atom is -0.468 e. The van der Waals surface area contributed by atoms with Crippen molar-refractivity contribution in [3.05, 3.63) is 24.7 Å². The van der Waals surface area contributed by atoms with Crippen molar-refractivity contribution in [3.63, 3.8) is 0 Å². The van der Waals surface area contributed by atoms with Crippen molar-refractivity contribution in [2.24, 2.45) is 0 Å². The van der Waals surface area contributed by atoms with Gasteiger partial charge in [-0.1, -0.05) is 0 Å². The Morgan fingerprint density at radius 2 is 2.37 bits per heavy atom. The molecule has 0 bridgehead atoms. The molecule has 0 aliphatic carbocycles. The largest absolute Gasteiger partial charge is 0.468 e. The van der Waals surface area contributed by atoms with E-state index in [2.05, 4.69) is 24.8 Å². The SMILES string of the molecule is COC(=O)Cn1cc(NS(=O)(=O)c2ccn[nH]2)cn1. The molecule has 2 heterocycles. The highest BCUT2D eigenvalue weighted by Gasteiger charge is 2.16. The zero-order valence-corrected chi connectivity index (χ0v) is 10.7. The van der Waals surface area contributed by atoms with E-state index in [-0.39, 0.29) is 17.3 Å². The second kappa shape index (κ2) is 5.10. The number of hydrogen-bond donors (Lipinski definition) is 2. The molecule has 0 amide bonds. The number of aromatic amines is 1. The second-order valence-corrected chi connectivity index (χ2v) is 5.18. The van der Waals surface area contributed by atoms with E-state index in [0.717, 1.165) is 0 Å². The van der Waals surface area contributed by atoms with Gasteiger partial charge in [0.15, 0.2) is 5.03 Å². The Morgan fingerprint density at radius 1 is 1.58 bits per heavy atom. The molecule has 2 aromatic heterocycles. The zero-order valence-electron chi connectivity index (χ0n) is 9.90. The van der Waals surface area contributed by atoms with Gasteiger partial charge in [0.05, 0.1) is 25.2 Å². The molecule has 2 rings (SSSR count). The molecule has 0 aromatic carbocycles. The zero-order chi connectivity index (χ0) is 13.9. The lowest BCUT2D eigenvalue weighted by atomic mass is 10.6. The Kier molecular flexibility index (Phi) is 3.51. The van der Waals surface area contributed by atoms with E-state index >= 15 is 0 Å². The van der Waals surface area contributed by atoms with Crippen LogP contribution in [0.1, 0.15) is 0 Å². The summed E-state index contributed by atoms with van der Waals surface area (Å²) in [6, 6.07) is 1.32. The van der Waals surface area contributed by atoms with E-state index in [1.807, 2.05) is 0 Å². The van der Waals surface area contributed by atoms with Gasteiger partial charge in [-0.2, -0.15) is 18.6 Å². The predicted molar refractivity (Wildman–Crippen MR) is 63.6 cm³/mol. The van der Waals surface area contributed by atoms with Crippen molar-refractivity contribution < 1.29 is 17.9 Å². The minimum atomic E-state index is -3.73. The number of nitrogens with zero attached hydrogens (tertiary/aromatic N) is 3. The highest BCUT2D eigenvalue weighted by atomic mass is 32.2. The normalized spacial score (nSPS) is 11.2. The van der Waals surface area contributed by atoms with Crippen molar-refractivity contribution in [1.29, 1.82) is 0 Å². The summed E-state index contributed by atoms with van der Waals surface area (Å²) in [6.07, 6.45) is 4.00. The lowest BCUT2D eigenvalue weighted by Gasteiger charge is -2.02. The Labute approximate surface area is 108 Å². The number of carbonyl (C=O) groups is 1.